The molecule has 4 rings (SSSR count). The molecule has 0 aliphatic rings. The molecule has 34 heavy (non-hydrogen) atoms. The molecule has 0 atom stereocenters. The summed E-state index contributed by atoms with van der Waals surface area (Å²) in [6.45, 7) is 1.96. The number of rotatable bonds is 6. The van der Waals surface area contributed by atoms with E-state index in [0.717, 1.165) is 11.1 Å². The Morgan fingerprint density at radius 3 is 2.56 bits per heavy atom. The molecule has 0 aliphatic heterocycles. The number of hydrogen-bond donors (Lipinski definition) is 2. The summed E-state index contributed by atoms with van der Waals surface area (Å²) >= 11 is 8.55. The van der Waals surface area contributed by atoms with E-state index in [-0.39, 0.29) is 22.6 Å². The monoisotopic (exact) mass is 506 g/mol. The van der Waals surface area contributed by atoms with Crippen LogP contribution in [0.4, 0.5) is 21.0 Å². The molecule has 2 aromatic carbocycles. The van der Waals surface area contributed by atoms with E-state index in [1.807, 2.05) is 36.6 Å². The third-order valence-electron chi connectivity index (χ3n) is 4.83. The van der Waals surface area contributed by atoms with Gasteiger partial charge >= 0.3 is 0 Å². The van der Waals surface area contributed by atoms with Gasteiger partial charge in [0.25, 0.3) is 0 Å². The number of nitrogens with zero attached hydrogens (tertiary/aromatic N) is 4. The molecule has 0 radical (unpaired) electrons. The maximum absolute atomic E-state index is 14.0. The molecule has 0 bridgehead atoms. The Bertz CT molecular complexity index is 1450. The summed E-state index contributed by atoms with van der Waals surface area (Å²) in [5.74, 6) is 0.0306. The lowest BCUT2D eigenvalue weighted by atomic mass is 9.96. The number of nitrogens with one attached hydrogen (secondary N) is 1. The fourth-order valence-corrected chi connectivity index (χ4v) is 5.08. The summed E-state index contributed by atoms with van der Waals surface area (Å²) < 4.78 is 14.0. The third kappa shape index (κ3) is 4.97. The van der Waals surface area contributed by atoms with Gasteiger partial charge in [-0.2, -0.15) is 10.5 Å². The summed E-state index contributed by atoms with van der Waals surface area (Å²) in [5.41, 5.74) is 9.74. The van der Waals surface area contributed by atoms with E-state index < -0.39 is 5.82 Å². The fraction of sp³-hybridized carbons (Fsp3) is 0.0833. The van der Waals surface area contributed by atoms with Crippen LogP contribution in [0.25, 0.3) is 11.1 Å². The van der Waals surface area contributed by atoms with Gasteiger partial charge in [-0.15, -0.1) is 11.3 Å². The summed E-state index contributed by atoms with van der Waals surface area (Å²) in [7, 11) is 0. The highest BCUT2D eigenvalue weighted by Gasteiger charge is 2.21. The zero-order valence-corrected chi connectivity index (χ0v) is 20.2. The average molecular weight is 507 g/mol. The van der Waals surface area contributed by atoms with Crippen molar-refractivity contribution in [3.05, 3.63) is 81.1 Å². The molecular weight excluding hydrogens is 491 g/mol. The van der Waals surface area contributed by atoms with Crippen LogP contribution in [0.15, 0.2) is 52.9 Å². The number of nitrogens with two attached hydrogens (primary N) is 1. The minimum atomic E-state index is -0.435. The van der Waals surface area contributed by atoms with Gasteiger partial charge in [0.1, 0.15) is 34.4 Å². The number of pyridine rings is 1. The molecule has 2 heterocycles. The number of halogens is 2. The van der Waals surface area contributed by atoms with Crippen LogP contribution in [-0.2, 0) is 5.75 Å². The smallest absolute Gasteiger partial charge is 0.187 e. The standard InChI is InChI=1S/C24H16ClFN6S2/c1-13-2-4-14(5-3-13)21-17(9-27)22(29)32-23(18(21)10-28)33-11-16-12-34-24(30-16)31-20-8-15(25)6-7-19(20)26/h2-8,12H,11H2,1H3,(H2,29,32)(H,30,31). The third-order valence-corrected chi connectivity index (χ3v) is 6.88. The zero-order valence-electron chi connectivity index (χ0n) is 17.8. The molecule has 6 nitrogen and oxygen atoms in total. The van der Waals surface area contributed by atoms with Gasteiger partial charge in [0.05, 0.1) is 16.9 Å². The van der Waals surface area contributed by atoms with Gasteiger partial charge in [0.15, 0.2) is 5.13 Å². The molecule has 3 N–H and O–H groups in total. The quantitative estimate of drug-likeness (QED) is 0.281. The van der Waals surface area contributed by atoms with Gasteiger partial charge in [0, 0.05) is 21.7 Å². The molecule has 2 aromatic heterocycles. The van der Waals surface area contributed by atoms with Crippen molar-refractivity contribution in [2.45, 2.75) is 17.7 Å². The van der Waals surface area contributed by atoms with E-state index >= 15 is 0 Å². The van der Waals surface area contributed by atoms with Crippen LogP contribution < -0.4 is 11.1 Å². The van der Waals surface area contributed by atoms with Crippen molar-refractivity contribution in [3.8, 4) is 23.3 Å². The van der Waals surface area contributed by atoms with E-state index in [2.05, 4.69) is 27.4 Å². The lowest BCUT2D eigenvalue weighted by Crippen LogP contribution is -2.03. The van der Waals surface area contributed by atoms with Crippen LogP contribution in [0.2, 0.25) is 5.02 Å². The highest BCUT2D eigenvalue weighted by atomic mass is 35.5. The Morgan fingerprint density at radius 2 is 1.85 bits per heavy atom. The van der Waals surface area contributed by atoms with E-state index in [9.17, 15) is 14.9 Å². The Hall–Kier alpha value is -3.63. The molecular formula is C24H16ClFN6S2. The van der Waals surface area contributed by atoms with Crippen LogP contribution in [0, 0.1) is 35.4 Å². The van der Waals surface area contributed by atoms with Crippen molar-refractivity contribution in [2.24, 2.45) is 0 Å². The number of aromatic nitrogens is 2. The second-order valence-electron chi connectivity index (χ2n) is 7.20. The van der Waals surface area contributed by atoms with Crippen molar-refractivity contribution in [1.29, 1.82) is 10.5 Å². The Balaban J connectivity index is 1.60. The average Bonchev–Trinajstić information content (AvgIpc) is 3.27. The largest absolute Gasteiger partial charge is 0.383 e. The molecule has 0 unspecified atom stereocenters. The first kappa shape index (κ1) is 23.5. The first-order chi connectivity index (χ1) is 16.4. The number of benzene rings is 2. The molecule has 4 aromatic rings. The number of thioether (sulfide) groups is 1. The van der Waals surface area contributed by atoms with Crippen molar-refractivity contribution in [3.63, 3.8) is 0 Å². The predicted octanol–water partition coefficient (Wildman–Crippen LogP) is 6.67. The molecule has 168 valence electrons. The van der Waals surface area contributed by atoms with Crippen LogP contribution in [0.1, 0.15) is 22.4 Å². The first-order valence-electron chi connectivity index (χ1n) is 9.89. The number of anilines is 3. The molecule has 0 saturated heterocycles. The predicted molar refractivity (Wildman–Crippen MR) is 135 cm³/mol. The van der Waals surface area contributed by atoms with Crippen molar-refractivity contribution >= 4 is 51.3 Å². The highest BCUT2D eigenvalue weighted by Crippen LogP contribution is 2.37. The molecule has 0 saturated carbocycles. The van der Waals surface area contributed by atoms with E-state index in [4.69, 9.17) is 17.3 Å². The molecule has 10 heteroatoms. The van der Waals surface area contributed by atoms with Crippen LogP contribution in [0.5, 0.6) is 0 Å². The van der Waals surface area contributed by atoms with Gasteiger partial charge < -0.3 is 11.1 Å². The van der Waals surface area contributed by atoms with Crippen LogP contribution in [-0.4, -0.2) is 9.97 Å². The fourth-order valence-electron chi connectivity index (χ4n) is 3.19. The Kier molecular flexibility index (Phi) is 6.99. The van der Waals surface area contributed by atoms with Crippen molar-refractivity contribution < 1.29 is 4.39 Å². The second-order valence-corrected chi connectivity index (χ2v) is 9.46. The minimum Gasteiger partial charge on any atom is -0.383 e. The zero-order chi connectivity index (χ0) is 24.2. The normalized spacial score (nSPS) is 10.5. The summed E-state index contributed by atoms with van der Waals surface area (Å²) in [5, 5.41) is 25.7. The highest BCUT2D eigenvalue weighted by molar-refractivity contribution is 7.98. The van der Waals surface area contributed by atoms with Crippen LogP contribution >= 0.6 is 34.7 Å². The van der Waals surface area contributed by atoms with Gasteiger partial charge in [-0.1, -0.05) is 53.2 Å². The molecule has 0 spiro atoms. The number of hydrogen-bond acceptors (Lipinski definition) is 8. The molecule has 0 fully saturated rings. The lowest BCUT2D eigenvalue weighted by molar-refractivity contribution is 0.632. The Labute approximate surface area is 208 Å². The minimum absolute atomic E-state index is 0.0663. The van der Waals surface area contributed by atoms with Gasteiger partial charge in [-0.05, 0) is 30.7 Å². The number of aryl methyl sites for hydroxylation is 1. The van der Waals surface area contributed by atoms with Crippen LogP contribution in [0.3, 0.4) is 0 Å². The van der Waals surface area contributed by atoms with Gasteiger partial charge in [-0.3, -0.25) is 0 Å². The van der Waals surface area contributed by atoms with E-state index in [1.54, 1.807) is 0 Å². The number of nitriles is 2. The summed E-state index contributed by atoms with van der Waals surface area (Å²) in [6, 6.07) is 16.0. The maximum atomic E-state index is 14.0. The van der Waals surface area contributed by atoms with Gasteiger partial charge in [-0.25, -0.2) is 14.4 Å². The molecule has 0 amide bonds. The van der Waals surface area contributed by atoms with Crippen molar-refractivity contribution in [1.82, 2.24) is 9.97 Å². The lowest BCUT2D eigenvalue weighted by Gasteiger charge is -2.13. The van der Waals surface area contributed by atoms with Crippen molar-refractivity contribution in [2.75, 3.05) is 11.1 Å². The summed E-state index contributed by atoms with van der Waals surface area (Å²) in [4.78, 5) is 8.80. The topological polar surface area (TPSA) is 111 Å². The van der Waals surface area contributed by atoms with E-state index in [0.29, 0.717) is 32.2 Å². The SMILES string of the molecule is Cc1ccc(-c2c(C#N)c(N)nc(SCc3csc(Nc4cc(Cl)ccc4F)n3)c2C#N)cc1. The van der Waals surface area contributed by atoms with Gasteiger partial charge in [0.2, 0.25) is 0 Å². The molecule has 0 aliphatic carbocycles. The summed E-state index contributed by atoms with van der Waals surface area (Å²) in [6.07, 6.45) is 0. The first-order valence-corrected chi connectivity index (χ1v) is 12.1. The Morgan fingerprint density at radius 1 is 1.12 bits per heavy atom. The number of nitrogen functional groups attached to an aromatic ring is 1. The van der Waals surface area contributed by atoms with E-state index in [1.165, 1.54) is 41.3 Å². The maximum Gasteiger partial charge on any atom is 0.187 e. The number of thiazole rings is 1. The second kappa shape index (κ2) is 10.1.